The average molecular weight is 307 g/mol. The van der Waals surface area contributed by atoms with Gasteiger partial charge in [-0.1, -0.05) is 25.2 Å². The Morgan fingerprint density at radius 2 is 1.76 bits per heavy atom. The van der Waals surface area contributed by atoms with E-state index in [2.05, 4.69) is 29.4 Å². The molecule has 0 aliphatic heterocycles. The van der Waals surface area contributed by atoms with Crippen LogP contribution in [0.3, 0.4) is 0 Å². The largest absolute Gasteiger partial charge is 0.497 e. The van der Waals surface area contributed by atoms with Gasteiger partial charge in [0.15, 0.2) is 0 Å². The zero-order chi connectivity index (χ0) is 15.2. The maximum Gasteiger partial charge on any atom is 0.148 e. The molecule has 1 heterocycles. The second-order valence-corrected chi connectivity index (χ2v) is 6.02. The SMILES string of the molecule is COc1cc(OC)cc(-c2nnc(CCNC(C)C)s2)c1. The minimum atomic E-state index is 0.486. The molecule has 0 radical (unpaired) electrons. The van der Waals surface area contributed by atoms with Gasteiger partial charge in [0.05, 0.1) is 14.2 Å². The van der Waals surface area contributed by atoms with E-state index in [-0.39, 0.29) is 0 Å². The van der Waals surface area contributed by atoms with Crippen molar-refractivity contribution in [1.82, 2.24) is 15.5 Å². The lowest BCUT2D eigenvalue weighted by molar-refractivity contribution is 0.394. The summed E-state index contributed by atoms with van der Waals surface area (Å²) in [6.07, 6.45) is 0.886. The number of ether oxygens (including phenoxy) is 2. The van der Waals surface area contributed by atoms with E-state index in [9.17, 15) is 0 Å². The second kappa shape index (κ2) is 7.38. The van der Waals surface area contributed by atoms with E-state index in [4.69, 9.17) is 9.47 Å². The van der Waals surface area contributed by atoms with Gasteiger partial charge >= 0.3 is 0 Å². The molecule has 0 saturated carbocycles. The van der Waals surface area contributed by atoms with Gasteiger partial charge in [0.1, 0.15) is 21.5 Å². The monoisotopic (exact) mass is 307 g/mol. The van der Waals surface area contributed by atoms with Crippen molar-refractivity contribution < 1.29 is 9.47 Å². The molecule has 0 unspecified atom stereocenters. The number of benzene rings is 1. The average Bonchev–Trinajstić information content (AvgIpc) is 2.95. The van der Waals surface area contributed by atoms with Crippen LogP contribution in [0.5, 0.6) is 11.5 Å². The molecular formula is C15H21N3O2S. The summed E-state index contributed by atoms with van der Waals surface area (Å²) in [6.45, 7) is 5.18. The van der Waals surface area contributed by atoms with Crippen LogP contribution in [-0.4, -0.2) is 37.0 Å². The first-order valence-electron chi connectivity index (χ1n) is 6.91. The Labute approximate surface area is 129 Å². The van der Waals surface area contributed by atoms with E-state index in [1.54, 1.807) is 25.6 Å². The molecule has 0 spiro atoms. The van der Waals surface area contributed by atoms with Crippen LogP contribution >= 0.6 is 11.3 Å². The van der Waals surface area contributed by atoms with E-state index >= 15 is 0 Å². The summed E-state index contributed by atoms with van der Waals surface area (Å²) < 4.78 is 10.6. The first kappa shape index (κ1) is 15.7. The molecule has 2 aromatic rings. The molecule has 0 saturated heterocycles. The maximum atomic E-state index is 5.28. The Kier molecular flexibility index (Phi) is 5.52. The molecule has 6 heteroatoms. The Morgan fingerprint density at radius 3 is 2.33 bits per heavy atom. The molecule has 0 aliphatic carbocycles. The zero-order valence-electron chi connectivity index (χ0n) is 12.8. The number of aromatic nitrogens is 2. The predicted molar refractivity (Wildman–Crippen MR) is 85.3 cm³/mol. The highest BCUT2D eigenvalue weighted by atomic mass is 32.1. The molecule has 0 atom stereocenters. The molecule has 1 N–H and O–H groups in total. The highest BCUT2D eigenvalue weighted by Crippen LogP contribution is 2.31. The van der Waals surface area contributed by atoms with Crippen LogP contribution in [0.1, 0.15) is 18.9 Å². The van der Waals surface area contributed by atoms with Crippen molar-refractivity contribution in [2.75, 3.05) is 20.8 Å². The van der Waals surface area contributed by atoms with Crippen LogP contribution in [0, 0.1) is 0 Å². The Morgan fingerprint density at radius 1 is 1.10 bits per heavy atom. The molecule has 114 valence electrons. The summed E-state index contributed by atoms with van der Waals surface area (Å²) in [5, 5.41) is 13.8. The number of nitrogens with one attached hydrogen (secondary N) is 1. The van der Waals surface area contributed by atoms with Crippen molar-refractivity contribution in [2.24, 2.45) is 0 Å². The van der Waals surface area contributed by atoms with Gasteiger partial charge in [-0.3, -0.25) is 0 Å². The molecule has 2 rings (SSSR count). The third kappa shape index (κ3) is 4.41. The lowest BCUT2D eigenvalue weighted by Gasteiger charge is -2.06. The van der Waals surface area contributed by atoms with E-state index in [1.807, 2.05) is 18.2 Å². The summed E-state index contributed by atoms with van der Waals surface area (Å²) >= 11 is 1.60. The van der Waals surface area contributed by atoms with Crippen molar-refractivity contribution >= 4 is 11.3 Å². The third-order valence-corrected chi connectivity index (χ3v) is 3.99. The summed E-state index contributed by atoms with van der Waals surface area (Å²) in [7, 11) is 3.28. The maximum absolute atomic E-state index is 5.28. The third-order valence-electron chi connectivity index (χ3n) is 2.96. The van der Waals surface area contributed by atoms with Crippen molar-refractivity contribution in [1.29, 1.82) is 0 Å². The molecule has 5 nitrogen and oxygen atoms in total. The van der Waals surface area contributed by atoms with Crippen LogP contribution < -0.4 is 14.8 Å². The van der Waals surface area contributed by atoms with Crippen molar-refractivity contribution in [3.05, 3.63) is 23.2 Å². The van der Waals surface area contributed by atoms with Crippen LogP contribution in [0.25, 0.3) is 10.6 Å². The first-order valence-corrected chi connectivity index (χ1v) is 7.73. The van der Waals surface area contributed by atoms with Crippen molar-refractivity contribution in [3.8, 4) is 22.1 Å². The summed E-state index contributed by atoms with van der Waals surface area (Å²) in [5.41, 5.74) is 0.965. The number of rotatable bonds is 7. The van der Waals surface area contributed by atoms with Crippen LogP contribution in [0.2, 0.25) is 0 Å². The molecular weight excluding hydrogens is 286 g/mol. The summed E-state index contributed by atoms with van der Waals surface area (Å²) in [5.74, 6) is 1.50. The topological polar surface area (TPSA) is 56.3 Å². The van der Waals surface area contributed by atoms with E-state index in [0.717, 1.165) is 40.0 Å². The van der Waals surface area contributed by atoms with Gasteiger partial charge < -0.3 is 14.8 Å². The van der Waals surface area contributed by atoms with Crippen molar-refractivity contribution in [3.63, 3.8) is 0 Å². The quantitative estimate of drug-likeness (QED) is 0.852. The smallest absolute Gasteiger partial charge is 0.148 e. The zero-order valence-corrected chi connectivity index (χ0v) is 13.7. The number of hydrogen-bond donors (Lipinski definition) is 1. The molecule has 21 heavy (non-hydrogen) atoms. The summed E-state index contributed by atoms with van der Waals surface area (Å²) in [6, 6.07) is 6.22. The number of nitrogens with zero attached hydrogens (tertiary/aromatic N) is 2. The lowest BCUT2D eigenvalue weighted by atomic mass is 10.2. The fraction of sp³-hybridized carbons (Fsp3) is 0.467. The Bertz CT molecular complexity index is 562. The second-order valence-electron chi connectivity index (χ2n) is 4.96. The van der Waals surface area contributed by atoms with Gasteiger partial charge in [-0.05, 0) is 12.1 Å². The minimum Gasteiger partial charge on any atom is -0.497 e. The van der Waals surface area contributed by atoms with Gasteiger partial charge in [0.25, 0.3) is 0 Å². The molecule has 0 fully saturated rings. The van der Waals surface area contributed by atoms with Crippen molar-refractivity contribution in [2.45, 2.75) is 26.3 Å². The molecule has 0 amide bonds. The van der Waals surface area contributed by atoms with Crippen LogP contribution in [0.4, 0.5) is 0 Å². The lowest BCUT2D eigenvalue weighted by Crippen LogP contribution is -2.24. The fourth-order valence-electron chi connectivity index (χ4n) is 1.87. The minimum absolute atomic E-state index is 0.486. The first-order chi connectivity index (χ1) is 10.1. The highest BCUT2D eigenvalue weighted by molar-refractivity contribution is 7.14. The number of hydrogen-bond acceptors (Lipinski definition) is 6. The highest BCUT2D eigenvalue weighted by Gasteiger charge is 2.10. The van der Waals surface area contributed by atoms with E-state index in [0.29, 0.717) is 6.04 Å². The van der Waals surface area contributed by atoms with E-state index < -0.39 is 0 Å². The van der Waals surface area contributed by atoms with Gasteiger partial charge in [-0.2, -0.15) is 0 Å². The Hall–Kier alpha value is -1.66. The number of methoxy groups -OCH3 is 2. The molecule has 0 bridgehead atoms. The Balaban J connectivity index is 2.13. The standard InChI is InChI=1S/C15H21N3O2S/c1-10(2)16-6-5-14-17-18-15(21-14)11-7-12(19-3)9-13(8-11)20-4/h7-10,16H,5-6H2,1-4H3. The van der Waals surface area contributed by atoms with E-state index in [1.165, 1.54) is 0 Å². The van der Waals surface area contributed by atoms with Gasteiger partial charge in [0.2, 0.25) is 0 Å². The van der Waals surface area contributed by atoms with Gasteiger partial charge in [-0.25, -0.2) is 0 Å². The molecule has 0 aliphatic rings. The molecule has 1 aromatic carbocycles. The molecule has 1 aromatic heterocycles. The predicted octanol–water partition coefficient (Wildman–Crippen LogP) is 2.76. The fourth-order valence-corrected chi connectivity index (χ4v) is 2.70. The van der Waals surface area contributed by atoms with Gasteiger partial charge in [-0.15, -0.1) is 10.2 Å². The van der Waals surface area contributed by atoms with Crippen LogP contribution in [0.15, 0.2) is 18.2 Å². The van der Waals surface area contributed by atoms with Gasteiger partial charge in [0, 0.05) is 30.6 Å². The van der Waals surface area contributed by atoms with Crippen LogP contribution in [-0.2, 0) is 6.42 Å². The summed E-state index contributed by atoms with van der Waals surface area (Å²) in [4.78, 5) is 0. The normalized spacial score (nSPS) is 10.9.